The van der Waals surface area contributed by atoms with Crippen molar-refractivity contribution in [3.63, 3.8) is 0 Å². The SMILES string of the molecule is Cl.Cl.Nc1ccn([C@@H]2O[C@H](CO)[C@H](O)C2(F)F)c(=O)n1.Nc1ccn([C@@H]2O[C@H](CO)[C@H](O)C2(F)F)c(=O)n1. The maximum Gasteiger partial charge on any atom is 0.351 e. The number of ether oxygens (including phenoxy) is 2. The largest absolute Gasteiger partial charge is 0.394 e. The highest BCUT2D eigenvalue weighted by Gasteiger charge is 2.60. The Labute approximate surface area is 222 Å². The first-order valence-corrected chi connectivity index (χ1v) is 10.1. The molecule has 2 saturated heterocycles. The number of alkyl halides is 4. The van der Waals surface area contributed by atoms with Crippen LogP contribution < -0.4 is 22.8 Å². The lowest BCUT2D eigenvalue weighted by atomic mass is 10.1. The predicted octanol–water partition coefficient (Wildman–Crippen LogP) is -1.73. The third kappa shape index (κ3) is 6.18. The zero-order chi connectivity index (χ0) is 27.0. The van der Waals surface area contributed by atoms with E-state index in [0.29, 0.717) is 9.13 Å². The van der Waals surface area contributed by atoms with Crippen LogP contribution in [-0.2, 0) is 9.47 Å². The fourth-order valence-corrected chi connectivity index (χ4v) is 3.45. The molecule has 8 N–H and O–H groups in total. The highest BCUT2D eigenvalue weighted by molar-refractivity contribution is 5.85. The number of hydrogen-bond donors (Lipinski definition) is 6. The zero-order valence-electron chi connectivity index (χ0n) is 18.9. The van der Waals surface area contributed by atoms with E-state index in [1.807, 2.05) is 0 Å². The summed E-state index contributed by atoms with van der Waals surface area (Å²) in [6, 6.07) is 2.30. The Balaban J connectivity index is 0.000000361. The lowest BCUT2D eigenvalue weighted by Crippen LogP contribution is -2.41. The van der Waals surface area contributed by atoms with Crippen LogP contribution in [0.3, 0.4) is 0 Å². The summed E-state index contributed by atoms with van der Waals surface area (Å²) >= 11 is 0. The van der Waals surface area contributed by atoms with E-state index in [1.165, 1.54) is 0 Å². The molecule has 4 heterocycles. The van der Waals surface area contributed by atoms with E-state index < -0.39 is 73.3 Å². The Morgan fingerprint density at radius 1 is 0.789 bits per heavy atom. The van der Waals surface area contributed by atoms with Crippen molar-refractivity contribution >= 4 is 36.4 Å². The summed E-state index contributed by atoms with van der Waals surface area (Å²) in [5.74, 6) is -7.65. The molecule has 4 rings (SSSR count). The molecule has 2 aliphatic heterocycles. The second-order valence-corrected chi connectivity index (χ2v) is 7.74. The van der Waals surface area contributed by atoms with Crippen LogP contribution in [0.1, 0.15) is 12.5 Å². The minimum absolute atomic E-state index is 0. The van der Waals surface area contributed by atoms with Crippen molar-refractivity contribution in [3.8, 4) is 0 Å². The Kier molecular flexibility index (Phi) is 11.0. The van der Waals surface area contributed by atoms with Crippen LogP contribution in [-0.4, -0.2) is 89.0 Å². The molecule has 216 valence electrons. The number of anilines is 2. The van der Waals surface area contributed by atoms with E-state index >= 15 is 0 Å². The highest BCUT2D eigenvalue weighted by Crippen LogP contribution is 2.42. The van der Waals surface area contributed by atoms with Crippen molar-refractivity contribution in [2.24, 2.45) is 0 Å². The van der Waals surface area contributed by atoms with Gasteiger partial charge in [-0.05, 0) is 12.1 Å². The van der Waals surface area contributed by atoms with Gasteiger partial charge in [-0.25, -0.2) is 9.59 Å². The lowest BCUT2D eigenvalue weighted by Gasteiger charge is -2.20. The molecule has 2 aliphatic rings. The summed E-state index contributed by atoms with van der Waals surface area (Å²) in [6.07, 6.45) is -9.38. The number of aromatic nitrogens is 4. The van der Waals surface area contributed by atoms with E-state index in [4.69, 9.17) is 31.2 Å². The van der Waals surface area contributed by atoms with Crippen LogP contribution in [0.25, 0.3) is 0 Å². The van der Waals surface area contributed by atoms with Gasteiger partial charge in [0.05, 0.1) is 13.2 Å². The van der Waals surface area contributed by atoms with Crippen molar-refractivity contribution in [3.05, 3.63) is 45.5 Å². The Morgan fingerprint density at radius 3 is 1.34 bits per heavy atom. The minimum Gasteiger partial charge on any atom is -0.394 e. The molecule has 0 saturated carbocycles. The third-order valence-corrected chi connectivity index (χ3v) is 5.33. The number of aliphatic hydroxyl groups is 4. The third-order valence-electron chi connectivity index (χ3n) is 5.33. The number of nitrogens with two attached hydrogens (primary N) is 2. The van der Waals surface area contributed by atoms with Gasteiger partial charge in [-0.2, -0.15) is 27.5 Å². The second kappa shape index (κ2) is 12.5. The summed E-state index contributed by atoms with van der Waals surface area (Å²) in [6.45, 7) is -1.57. The van der Waals surface area contributed by atoms with Gasteiger partial charge in [0.15, 0.2) is 12.2 Å². The topological polar surface area (TPSA) is 221 Å². The van der Waals surface area contributed by atoms with E-state index in [1.54, 1.807) is 0 Å². The normalized spacial score (nSPS) is 28.9. The van der Waals surface area contributed by atoms with E-state index in [9.17, 15) is 37.4 Å². The minimum atomic E-state index is -3.71. The Bertz CT molecular complexity index is 1120. The molecule has 14 nitrogen and oxygen atoms in total. The zero-order valence-corrected chi connectivity index (χ0v) is 20.5. The smallest absolute Gasteiger partial charge is 0.351 e. The van der Waals surface area contributed by atoms with Crippen LogP contribution in [0.15, 0.2) is 34.1 Å². The fourth-order valence-electron chi connectivity index (χ4n) is 3.45. The number of hydrogen-bond acceptors (Lipinski definition) is 12. The number of rotatable bonds is 4. The van der Waals surface area contributed by atoms with Crippen LogP contribution >= 0.6 is 24.8 Å². The molecule has 2 aromatic heterocycles. The van der Waals surface area contributed by atoms with Gasteiger partial charge in [-0.15, -0.1) is 24.8 Å². The quantitative estimate of drug-likeness (QED) is 0.216. The number of aliphatic hydroxyl groups excluding tert-OH is 4. The molecule has 0 spiro atoms. The van der Waals surface area contributed by atoms with Gasteiger partial charge >= 0.3 is 23.2 Å². The van der Waals surface area contributed by atoms with Crippen LogP contribution in [0.2, 0.25) is 0 Å². The first-order valence-electron chi connectivity index (χ1n) is 10.1. The van der Waals surface area contributed by atoms with Gasteiger partial charge in [-0.1, -0.05) is 0 Å². The van der Waals surface area contributed by atoms with Crippen LogP contribution in [0, 0.1) is 0 Å². The summed E-state index contributed by atoms with van der Waals surface area (Å²) < 4.78 is 65.4. The lowest BCUT2D eigenvalue weighted by molar-refractivity contribution is -0.141. The molecule has 0 radical (unpaired) electrons. The highest BCUT2D eigenvalue weighted by atomic mass is 35.5. The summed E-state index contributed by atoms with van der Waals surface area (Å²) in [5, 5.41) is 36.2. The van der Waals surface area contributed by atoms with Crippen molar-refractivity contribution in [1.82, 2.24) is 19.1 Å². The maximum absolute atomic E-state index is 13.7. The number of nitrogens with zero attached hydrogens (tertiary/aromatic N) is 4. The molecule has 0 aliphatic carbocycles. The average molecular weight is 599 g/mol. The van der Waals surface area contributed by atoms with Gasteiger partial charge in [0.25, 0.3) is 0 Å². The van der Waals surface area contributed by atoms with Crippen molar-refractivity contribution in [1.29, 1.82) is 0 Å². The van der Waals surface area contributed by atoms with Gasteiger partial charge in [0.2, 0.25) is 12.5 Å². The molecule has 20 heteroatoms. The van der Waals surface area contributed by atoms with E-state index in [0.717, 1.165) is 24.5 Å². The molecular weight excluding hydrogens is 575 g/mol. The van der Waals surface area contributed by atoms with Gasteiger partial charge < -0.3 is 41.4 Å². The standard InChI is InChI=1S/2C9H11F2N3O4.2ClH/c2*10-9(11)6(16)4(3-15)18-7(9)14-2-1-5(12)13-8(14)17;;/h2*1-2,4,6-7,15-16H,3H2,(H2,12,13,17);2*1H/t2*4-,6+,7-;;/m11../s1. The first-order chi connectivity index (χ1) is 16.7. The van der Waals surface area contributed by atoms with Gasteiger partial charge in [0, 0.05) is 12.4 Å². The number of nitrogen functional groups attached to an aromatic ring is 2. The number of halogens is 6. The van der Waals surface area contributed by atoms with E-state index in [-0.39, 0.29) is 36.4 Å². The predicted molar refractivity (Wildman–Crippen MR) is 124 cm³/mol. The van der Waals surface area contributed by atoms with E-state index in [2.05, 4.69) is 9.97 Å². The average Bonchev–Trinajstić information content (AvgIpc) is 3.17. The monoisotopic (exact) mass is 598 g/mol. The summed E-state index contributed by atoms with van der Waals surface area (Å²) in [7, 11) is 0. The van der Waals surface area contributed by atoms with Crippen molar-refractivity contribution in [2.45, 2.75) is 48.7 Å². The van der Waals surface area contributed by atoms with Gasteiger partial charge in [0.1, 0.15) is 23.8 Å². The second-order valence-electron chi connectivity index (χ2n) is 7.74. The Hall–Kier alpha value is -2.58. The molecule has 0 bridgehead atoms. The Morgan fingerprint density at radius 2 is 1.11 bits per heavy atom. The molecular formula is C18H24Cl2F4N6O8. The fraction of sp³-hybridized carbons (Fsp3) is 0.556. The van der Waals surface area contributed by atoms with Crippen molar-refractivity contribution < 1.29 is 47.5 Å². The maximum atomic E-state index is 13.7. The molecule has 2 fully saturated rings. The van der Waals surface area contributed by atoms with Crippen LogP contribution in [0.5, 0.6) is 0 Å². The van der Waals surface area contributed by atoms with Gasteiger partial charge in [-0.3, -0.25) is 9.13 Å². The summed E-state index contributed by atoms with van der Waals surface area (Å²) in [5.41, 5.74) is 8.42. The van der Waals surface area contributed by atoms with Crippen LogP contribution in [0.4, 0.5) is 29.2 Å². The molecule has 0 amide bonds. The van der Waals surface area contributed by atoms with Crippen molar-refractivity contribution in [2.75, 3.05) is 24.7 Å². The summed E-state index contributed by atoms with van der Waals surface area (Å²) in [4.78, 5) is 29.4. The molecule has 2 aromatic rings. The molecule has 0 aromatic carbocycles. The molecule has 38 heavy (non-hydrogen) atoms. The molecule has 0 unspecified atom stereocenters. The first kappa shape index (κ1) is 33.4. The molecule has 6 atom stereocenters.